The molecule has 11 heavy (non-hydrogen) atoms. The van der Waals surface area contributed by atoms with Gasteiger partial charge in [0.15, 0.2) is 0 Å². The number of aliphatic hydroxyl groups is 1. The summed E-state index contributed by atoms with van der Waals surface area (Å²) in [5.41, 5.74) is 0.0374. The van der Waals surface area contributed by atoms with Crippen molar-refractivity contribution in [3.8, 4) is 6.07 Å². The number of hydrogen-bond acceptors (Lipinski definition) is 2. The van der Waals surface area contributed by atoms with Crippen LogP contribution in [-0.2, 0) is 0 Å². The molecule has 0 spiro atoms. The van der Waals surface area contributed by atoms with Crippen molar-refractivity contribution < 1.29 is 5.11 Å². The fourth-order valence-corrected chi connectivity index (χ4v) is 1.85. The molecule has 1 unspecified atom stereocenters. The summed E-state index contributed by atoms with van der Waals surface area (Å²) in [7, 11) is 0. The zero-order valence-electron chi connectivity index (χ0n) is 7.01. The average molecular weight is 153 g/mol. The molecule has 1 aliphatic rings. The molecule has 0 bridgehead atoms. The van der Waals surface area contributed by atoms with Crippen molar-refractivity contribution in [2.75, 3.05) is 0 Å². The molecule has 0 saturated heterocycles. The van der Waals surface area contributed by atoms with E-state index >= 15 is 0 Å². The third kappa shape index (κ3) is 1.72. The Hall–Kier alpha value is -0.550. The molecule has 1 rings (SSSR count). The summed E-state index contributed by atoms with van der Waals surface area (Å²) in [5.74, 6) is 0. The van der Waals surface area contributed by atoms with Gasteiger partial charge in [-0.05, 0) is 18.3 Å². The second-order valence-corrected chi connectivity index (χ2v) is 3.74. The third-order valence-corrected chi connectivity index (χ3v) is 2.83. The zero-order valence-corrected chi connectivity index (χ0v) is 7.01. The van der Waals surface area contributed by atoms with Crippen LogP contribution < -0.4 is 0 Å². The van der Waals surface area contributed by atoms with Gasteiger partial charge < -0.3 is 5.11 Å². The van der Waals surface area contributed by atoms with E-state index in [1.807, 2.05) is 6.07 Å². The lowest BCUT2D eigenvalue weighted by Gasteiger charge is -2.27. The predicted molar refractivity (Wildman–Crippen MR) is 42.8 cm³/mol. The van der Waals surface area contributed by atoms with Gasteiger partial charge in [-0.25, -0.2) is 0 Å². The third-order valence-electron chi connectivity index (χ3n) is 2.83. The van der Waals surface area contributed by atoms with E-state index in [0.29, 0.717) is 0 Å². The number of nitrogens with zero attached hydrogens (tertiary/aromatic N) is 1. The van der Waals surface area contributed by atoms with Gasteiger partial charge in [0.25, 0.3) is 0 Å². The highest BCUT2D eigenvalue weighted by Gasteiger charge is 2.35. The van der Waals surface area contributed by atoms with Crippen molar-refractivity contribution >= 4 is 0 Å². The van der Waals surface area contributed by atoms with Gasteiger partial charge in [-0.2, -0.15) is 5.26 Å². The molecule has 0 amide bonds. The lowest BCUT2D eigenvalue weighted by molar-refractivity contribution is 0.0459. The van der Waals surface area contributed by atoms with Gasteiger partial charge in [-0.3, -0.25) is 0 Å². The molecular formula is C9H15NO. The van der Waals surface area contributed by atoms with Crippen LogP contribution in [0.1, 0.15) is 39.0 Å². The van der Waals surface area contributed by atoms with Crippen molar-refractivity contribution in [2.24, 2.45) is 5.41 Å². The predicted octanol–water partition coefficient (Wildman–Crippen LogP) is 1.84. The van der Waals surface area contributed by atoms with Crippen LogP contribution in [0.5, 0.6) is 0 Å². The average Bonchev–Trinajstić information content (AvgIpc) is 2.38. The largest absolute Gasteiger partial charge is 0.391 e. The topological polar surface area (TPSA) is 44.0 Å². The van der Waals surface area contributed by atoms with Crippen molar-refractivity contribution in [3.05, 3.63) is 0 Å². The van der Waals surface area contributed by atoms with E-state index in [2.05, 4.69) is 6.92 Å². The maximum absolute atomic E-state index is 9.59. The number of hydrogen-bond donors (Lipinski definition) is 1. The Morgan fingerprint density at radius 2 is 2.09 bits per heavy atom. The van der Waals surface area contributed by atoms with Gasteiger partial charge in [-0.1, -0.05) is 19.8 Å². The van der Waals surface area contributed by atoms with Gasteiger partial charge in [0.1, 0.15) is 0 Å². The van der Waals surface area contributed by atoms with Crippen LogP contribution in [-0.4, -0.2) is 11.2 Å². The summed E-state index contributed by atoms with van der Waals surface area (Å²) in [6.45, 7) is 2.09. The molecule has 1 N–H and O–H groups in total. The molecule has 62 valence electrons. The van der Waals surface area contributed by atoms with Gasteiger partial charge in [-0.15, -0.1) is 0 Å². The lowest BCUT2D eigenvalue weighted by Crippen LogP contribution is -2.28. The summed E-state index contributed by atoms with van der Waals surface area (Å²) >= 11 is 0. The molecule has 2 nitrogen and oxygen atoms in total. The maximum atomic E-state index is 9.59. The Morgan fingerprint density at radius 3 is 2.55 bits per heavy atom. The molecule has 1 saturated carbocycles. The maximum Gasteiger partial charge on any atom is 0.0723 e. The van der Waals surface area contributed by atoms with Crippen LogP contribution in [0.15, 0.2) is 0 Å². The molecule has 1 atom stereocenters. The first-order valence-corrected chi connectivity index (χ1v) is 4.24. The van der Waals surface area contributed by atoms with E-state index < -0.39 is 6.10 Å². The van der Waals surface area contributed by atoms with E-state index in [9.17, 15) is 5.11 Å². The summed E-state index contributed by atoms with van der Waals surface area (Å²) in [5, 5.41) is 18.0. The van der Waals surface area contributed by atoms with Gasteiger partial charge in [0.05, 0.1) is 18.6 Å². The van der Waals surface area contributed by atoms with E-state index in [1.165, 1.54) is 12.8 Å². The quantitative estimate of drug-likeness (QED) is 0.657. The van der Waals surface area contributed by atoms with E-state index in [1.54, 1.807) is 0 Å². The lowest BCUT2D eigenvalue weighted by atomic mass is 9.81. The van der Waals surface area contributed by atoms with E-state index in [0.717, 1.165) is 12.8 Å². The van der Waals surface area contributed by atoms with Gasteiger partial charge >= 0.3 is 0 Å². The molecule has 2 heteroatoms. The number of aliphatic hydroxyl groups excluding tert-OH is 1. The first-order chi connectivity index (χ1) is 5.19. The molecule has 0 radical (unpaired) electrons. The van der Waals surface area contributed by atoms with Crippen molar-refractivity contribution in [1.29, 1.82) is 5.26 Å². The van der Waals surface area contributed by atoms with Gasteiger partial charge in [0.2, 0.25) is 0 Å². The summed E-state index contributed by atoms with van der Waals surface area (Å²) in [4.78, 5) is 0. The highest BCUT2D eigenvalue weighted by atomic mass is 16.3. The Labute approximate surface area is 67.8 Å². The van der Waals surface area contributed by atoms with E-state index in [4.69, 9.17) is 5.26 Å². The minimum Gasteiger partial charge on any atom is -0.391 e. The van der Waals surface area contributed by atoms with Crippen LogP contribution in [0.3, 0.4) is 0 Å². The van der Waals surface area contributed by atoms with Crippen molar-refractivity contribution in [2.45, 2.75) is 45.1 Å². The fraction of sp³-hybridized carbons (Fsp3) is 0.889. The van der Waals surface area contributed by atoms with Crippen LogP contribution in [0, 0.1) is 16.7 Å². The highest BCUT2D eigenvalue weighted by molar-refractivity contribution is 4.91. The Kier molecular flexibility index (Phi) is 2.51. The minimum absolute atomic E-state index is 0.0374. The van der Waals surface area contributed by atoms with Gasteiger partial charge in [0, 0.05) is 0 Å². The summed E-state index contributed by atoms with van der Waals surface area (Å²) in [6.07, 6.45) is 4.45. The second-order valence-electron chi connectivity index (χ2n) is 3.74. The Morgan fingerprint density at radius 1 is 1.55 bits per heavy atom. The SMILES string of the molecule is CC1(C(O)CC#N)CCCC1. The van der Waals surface area contributed by atoms with Crippen molar-refractivity contribution in [3.63, 3.8) is 0 Å². The van der Waals surface area contributed by atoms with Crippen molar-refractivity contribution in [1.82, 2.24) is 0 Å². The summed E-state index contributed by atoms with van der Waals surface area (Å²) < 4.78 is 0. The summed E-state index contributed by atoms with van der Waals surface area (Å²) in [6, 6.07) is 2.02. The zero-order chi connectivity index (χ0) is 8.32. The molecule has 0 heterocycles. The standard InChI is InChI=1S/C9H15NO/c1-9(5-2-3-6-9)8(11)4-7-10/h8,11H,2-6H2,1H3. The highest BCUT2D eigenvalue weighted by Crippen LogP contribution is 2.41. The molecular weight excluding hydrogens is 138 g/mol. The smallest absolute Gasteiger partial charge is 0.0723 e. The Balaban J connectivity index is 2.50. The molecule has 1 aliphatic carbocycles. The number of nitriles is 1. The normalized spacial score (nSPS) is 24.5. The first kappa shape index (κ1) is 8.55. The second kappa shape index (κ2) is 3.23. The molecule has 0 aliphatic heterocycles. The van der Waals surface area contributed by atoms with Crippen LogP contribution in [0.25, 0.3) is 0 Å². The van der Waals surface area contributed by atoms with Crippen LogP contribution in [0.2, 0.25) is 0 Å². The molecule has 0 aromatic carbocycles. The Bertz CT molecular complexity index is 165. The monoisotopic (exact) mass is 153 g/mol. The first-order valence-electron chi connectivity index (χ1n) is 4.24. The molecule has 0 aromatic rings. The number of rotatable bonds is 2. The molecule has 0 aromatic heterocycles. The van der Waals surface area contributed by atoms with Crippen LogP contribution >= 0.6 is 0 Å². The molecule has 1 fully saturated rings. The van der Waals surface area contributed by atoms with Crippen LogP contribution in [0.4, 0.5) is 0 Å². The van der Waals surface area contributed by atoms with E-state index in [-0.39, 0.29) is 11.8 Å². The fourth-order valence-electron chi connectivity index (χ4n) is 1.85. The minimum atomic E-state index is -0.407.